The summed E-state index contributed by atoms with van der Waals surface area (Å²) in [5, 5.41) is 3.64. The summed E-state index contributed by atoms with van der Waals surface area (Å²) in [5.41, 5.74) is 1.49. The van der Waals surface area contributed by atoms with Crippen LogP contribution in [0.2, 0.25) is 0 Å². The van der Waals surface area contributed by atoms with Gasteiger partial charge in [-0.1, -0.05) is 15.9 Å². The number of rotatable bonds is 5. The van der Waals surface area contributed by atoms with Crippen LogP contribution >= 0.6 is 15.9 Å². The number of ether oxygens (including phenoxy) is 1. The van der Waals surface area contributed by atoms with Crippen LogP contribution in [-0.2, 0) is 6.54 Å². The molecule has 0 amide bonds. The predicted octanol–water partition coefficient (Wildman–Crippen LogP) is 3.74. The largest absolute Gasteiger partial charge is 0.497 e. The molecule has 1 aromatic carbocycles. The zero-order chi connectivity index (χ0) is 12.5. The quantitative estimate of drug-likeness (QED) is 0.894. The van der Waals surface area contributed by atoms with Gasteiger partial charge in [-0.05, 0) is 56.4 Å². The topological polar surface area (TPSA) is 21.3 Å². The molecular formula is C14H20BrNO. The molecule has 1 aliphatic rings. The standard InChI is InChI=1S/C14H20BrNO/c1-14(2,11-4-5-11)16-9-10-8-12(17-3)6-7-13(10)15/h6-8,11,16H,4-5,9H2,1-3H3. The van der Waals surface area contributed by atoms with Crippen molar-refractivity contribution in [3.05, 3.63) is 28.2 Å². The van der Waals surface area contributed by atoms with Gasteiger partial charge in [-0.2, -0.15) is 0 Å². The Labute approximate surface area is 112 Å². The van der Waals surface area contributed by atoms with Gasteiger partial charge >= 0.3 is 0 Å². The first-order valence-corrected chi connectivity index (χ1v) is 6.89. The van der Waals surface area contributed by atoms with Gasteiger partial charge in [0.25, 0.3) is 0 Å². The van der Waals surface area contributed by atoms with Crippen LogP contribution in [0.1, 0.15) is 32.3 Å². The van der Waals surface area contributed by atoms with Gasteiger partial charge < -0.3 is 10.1 Å². The third-order valence-electron chi connectivity index (χ3n) is 3.59. The number of hydrogen-bond donors (Lipinski definition) is 1. The Hall–Kier alpha value is -0.540. The maximum atomic E-state index is 5.25. The molecule has 1 fully saturated rings. The van der Waals surface area contributed by atoms with Gasteiger partial charge in [-0.3, -0.25) is 0 Å². The van der Waals surface area contributed by atoms with Gasteiger partial charge in [-0.15, -0.1) is 0 Å². The predicted molar refractivity (Wildman–Crippen MR) is 74.3 cm³/mol. The summed E-state index contributed by atoms with van der Waals surface area (Å²) >= 11 is 3.58. The lowest BCUT2D eigenvalue weighted by molar-refractivity contribution is 0.338. The van der Waals surface area contributed by atoms with Crippen LogP contribution in [0.25, 0.3) is 0 Å². The van der Waals surface area contributed by atoms with E-state index in [2.05, 4.69) is 41.2 Å². The first-order chi connectivity index (χ1) is 8.03. The van der Waals surface area contributed by atoms with Crippen LogP contribution in [0.5, 0.6) is 5.75 Å². The van der Waals surface area contributed by atoms with Crippen molar-refractivity contribution in [1.29, 1.82) is 0 Å². The molecular weight excluding hydrogens is 278 g/mol. The highest BCUT2D eigenvalue weighted by Crippen LogP contribution is 2.39. The number of halogens is 1. The van der Waals surface area contributed by atoms with Crippen molar-refractivity contribution >= 4 is 15.9 Å². The molecule has 0 aromatic heterocycles. The Morgan fingerprint density at radius 3 is 2.71 bits per heavy atom. The zero-order valence-electron chi connectivity index (χ0n) is 10.7. The monoisotopic (exact) mass is 297 g/mol. The van der Waals surface area contributed by atoms with Crippen molar-refractivity contribution in [3.63, 3.8) is 0 Å². The molecule has 17 heavy (non-hydrogen) atoms. The highest BCUT2D eigenvalue weighted by molar-refractivity contribution is 9.10. The van der Waals surface area contributed by atoms with Crippen LogP contribution < -0.4 is 10.1 Å². The minimum Gasteiger partial charge on any atom is -0.497 e. The van der Waals surface area contributed by atoms with Crippen LogP contribution in [0.15, 0.2) is 22.7 Å². The molecule has 0 spiro atoms. The third kappa shape index (κ3) is 3.23. The highest BCUT2D eigenvalue weighted by atomic mass is 79.9. The molecule has 94 valence electrons. The van der Waals surface area contributed by atoms with Crippen LogP contribution in [0, 0.1) is 5.92 Å². The average Bonchev–Trinajstić information content (AvgIpc) is 3.12. The summed E-state index contributed by atoms with van der Waals surface area (Å²) in [4.78, 5) is 0. The van der Waals surface area contributed by atoms with E-state index in [4.69, 9.17) is 4.74 Å². The van der Waals surface area contributed by atoms with E-state index >= 15 is 0 Å². The summed E-state index contributed by atoms with van der Waals surface area (Å²) in [6, 6.07) is 6.10. The van der Waals surface area contributed by atoms with E-state index < -0.39 is 0 Å². The minimum absolute atomic E-state index is 0.239. The average molecular weight is 298 g/mol. The van der Waals surface area contributed by atoms with Crippen molar-refractivity contribution < 1.29 is 4.74 Å². The minimum atomic E-state index is 0.239. The van der Waals surface area contributed by atoms with Crippen molar-refractivity contribution in [2.75, 3.05) is 7.11 Å². The summed E-state index contributed by atoms with van der Waals surface area (Å²) in [5.74, 6) is 1.75. The number of hydrogen-bond acceptors (Lipinski definition) is 2. The zero-order valence-corrected chi connectivity index (χ0v) is 12.3. The molecule has 0 bridgehead atoms. The fraction of sp³-hybridized carbons (Fsp3) is 0.571. The molecule has 1 saturated carbocycles. The van der Waals surface area contributed by atoms with Crippen molar-refractivity contribution in [1.82, 2.24) is 5.32 Å². The van der Waals surface area contributed by atoms with Crippen LogP contribution in [0.3, 0.4) is 0 Å². The Morgan fingerprint density at radius 1 is 1.41 bits per heavy atom. The second-order valence-electron chi connectivity index (χ2n) is 5.31. The molecule has 2 nitrogen and oxygen atoms in total. The Morgan fingerprint density at radius 2 is 2.12 bits per heavy atom. The fourth-order valence-corrected chi connectivity index (χ4v) is 2.47. The fourth-order valence-electron chi connectivity index (χ4n) is 2.09. The second kappa shape index (κ2) is 4.99. The molecule has 2 rings (SSSR count). The number of methoxy groups -OCH3 is 1. The highest BCUT2D eigenvalue weighted by Gasteiger charge is 2.37. The van der Waals surface area contributed by atoms with E-state index in [1.165, 1.54) is 18.4 Å². The maximum Gasteiger partial charge on any atom is 0.119 e. The lowest BCUT2D eigenvalue weighted by Crippen LogP contribution is -2.40. The van der Waals surface area contributed by atoms with Gasteiger partial charge in [0, 0.05) is 16.6 Å². The van der Waals surface area contributed by atoms with E-state index in [0.717, 1.165) is 22.7 Å². The smallest absolute Gasteiger partial charge is 0.119 e. The first kappa shape index (κ1) is 12.9. The summed E-state index contributed by atoms with van der Waals surface area (Å²) < 4.78 is 6.39. The van der Waals surface area contributed by atoms with Gasteiger partial charge in [0.2, 0.25) is 0 Å². The molecule has 0 atom stereocenters. The van der Waals surface area contributed by atoms with Crippen molar-refractivity contribution in [2.24, 2.45) is 5.92 Å². The molecule has 0 heterocycles. The van der Waals surface area contributed by atoms with Gasteiger partial charge in [0.15, 0.2) is 0 Å². The van der Waals surface area contributed by atoms with Crippen LogP contribution in [0.4, 0.5) is 0 Å². The Balaban J connectivity index is 2.02. The summed E-state index contributed by atoms with van der Waals surface area (Å²) in [6.07, 6.45) is 2.72. The molecule has 0 unspecified atom stereocenters. The molecule has 1 N–H and O–H groups in total. The van der Waals surface area contributed by atoms with E-state index in [1.54, 1.807) is 7.11 Å². The lowest BCUT2D eigenvalue weighted by Gasteiger charge is -2.26. The molecule has 1 aromatic rings. The summed E-state index contributed by atoms with van der Waals surface area (Å²) in [7, 11) is 1.70. The van der Waals surface area contributed by atoms with E-state index in [9.17, 15) is 0 Å². The van der Waals surface area contributed by atoms with Gasteiger partial charge in [0.1, 0.15) is 5.75 Å². The SMILES string of the molecule is COc1ccc(Br)c(CNC(C)(C)C2CC2)c1. The second-order valence-corrected chi connectivity index (χ2v) is 6.16. The maximum absolute atomic E-state index is 5.25. The molecule has 0 saturated heterocycles. The molecule has 0 radical (unpaired) electrons. The van der Waals surface area contributed by atoms with Crippen molar-refractivity contribution in [3.8, 4) is 5.75 Å². The molecule has 3 heteroatoms. The first-order valence-electron chi connectivity index (χ1n) is 6.10. The van der Waals surface area contributed by atoms with Crippen molar-refractivity contribution in [2.45, 2.75) is 38.8 Å². The number of nitrogens with one attached hydrogen (secondary N) is 1. The molecule has 0 aliphatic heterocycles. The van der Waals surface area contributed by atoms with Gasteiger partial charge in [0.05, 0.1) is 7.11 Å². The Bertz CT molecular complexity index is 399. The van der Waals surface area contributed by atoms with Gasteiger partial charge in [-0.25, -0.2) is 0 Å². The summed E-state index contributed by atoms with van der Waals surface area (Å²) in [6.45, 7) is 5.46. The Kier molecular flexibility index (Phi) is 3.79. The number of benzene rings is 1. The third-order valence-corrected chi connectivity index (χ3v) is 4.36. The van der Waals surface area contributed by atoms with E-state index in [0.29, 0.717) is 0 Å². The lowest BCUT2D eigenvalue weighted by atomic mass is 9.98. The normalized spacial score (nSPS) is 16.0. The van der Waals surface area contributed by atoms with E-state index in [-0.39, 0.29) is 5.54 Å². The molecule has 1 aliphatic carbocycles. The van der Waals surface area contributed by atoms with Crippen LogP contribution in [-0.4, -0.2) is 12.6 Å². The van der Waals surface area contributed by atoms with E-state index in [1.807, 2.05) is 12.1 Å².